The van der Waals surface area contributed by atoms with Crippen molar-refractivity contribution in [2.24, 2.45) is 11.7 Å². The van der Waals surface area contributed by atoms with Gasteiger partial charge in [-0.25, -0.2) is 0 Å². The highest BCUT2D eigenvalue weighted by Crippen LogP contribution is 1.88. The lowest BCUT2D eigenvalue weighted by Crippen LogP contribution is -2.11. The van der Waals surface area contributed by atoms with Gasteiger partial charge in [-0.1, -0.05) is 6.92 Å². The molecule has 1 nitrogen and oxygen atoms in total. The van der Waals surface area contributed by atoms with E-state index in [1.165, 1.54) is 0 Å². The largest absolute Gasteiger partial charge is 0.330 e. The minimum atomic E-state index is -0.295. The molecule has 2 heteroatoms. The van der Waals surface area contributed by atoms with Crippen LogP contribution in [-0.2, 0) is 0 Å². The number of halogens is 1. The van der Waals surface area contributed by atoms with E-state index in [1.807, 2.05) is 0 Å². The third-order valence-corrected chi connectivity index (χ3v) is 0.666. The number of alkyl halides is 1. The Morgan fingerprint density at radius 1 is 1.83 bits per heavy atom. The molecule has 2 N–H and O–H groups in total. The summed E-state index contributed by atoms with van der Waals surface area (Å²) in [6.45, 7) is 1.94. The van der Waals surface area contributed by atoms with E-state index in [4.69, 9.17) is 5.73 Å². The van der Waals surface area contributed by atoms with Crippen LogP contribution in [0.3, 0.4) is 0 Å². The molecule has 0 saturated heterocycles. The molecule has 0 rings (SSSR count). The van der Waals surface area contributed by atoms with E-state index in [-0.39, 0.29) is 12.6 Å². The Hall–Kier alpha value is -0.110. The van der Waals surface area contributed by atoms with Crippen molar-refractivity contribution >= 4 is 0 Å². The molecule has 0 aliphatic heterocycles. The maximum atomic E-state index is 11.3. The highest BCUT2D eigenvalue weighted by atomic mass is 19.1. The smallest absolute Gasteiger partial charge is 0.0932 e. The lowest BCUT2D eigenvalue weighted by molar-refractivity contribution is 0.389. The third-order valence-electron chi connectivity index (χ3n) is 0.666. The van der Waals surface area contributed by atoms with Crippen LogP contribution in [0, 0.1) is 5.92 Å². The van der Waals surface area contributed by atoms with E-state index in [9.17, 15) is 4.39 Å². The maximum Gasteiger partial charge on any atom is 0.0932 e. The van der Waals surface area contributed by atoms with Crippen molar-refractivity contribution in [3.8, 4) is 0 Å². The van der Waals surface area contributed by atoms with Gasteiger partial charge in [0.05, 0.1) is 6.67 Å². The molecule has 0 heterocycles. The number of hydrogen-bond acceptors (Lipinski definition) is 1. The zero-order chi connectivity index (χ0) is 4.99. The van der Waals surface area contributed by atoms with Crippen molar-refractivity contribution < 1.29 is 4.39 Å². The van der Waals surface area contributed by atoms with E-state index in [2.05, 4.69) is 0 Å². The molecule has 0 fully saturated rings. The van der Waals surface area contributed by atoms with Crippen LogP contribution in [0.15, 0.2) is 0 Å². The minimum absolute atomic E-state index is 0.0463. The Morgan fingerprint density at radius 2 is 2.33 bits per heavy atom. The first-order valence-electron chi connectivity index (χ1n) is 2.07. The van der Waals surface area contributed by atoms with Gasteiger partial charge in [-0.15, -0.1) is 0 Å². The minimum Gasteiger partial charge on any atom is -0.330 e. The van der Waals surface area contributed by atoms with Crippen molar-refractivity contribution in [1.29, 1.82) is 0 Å². The first-order valence-corrected chi connectivity index (χ1v) is 2.07. The first kappa shape index (κ1) is 5.89. The van der Waals surface area contributed by atoms with Gasteiger partial charge < -0.3 is 5.73 Å². The van der Waals surface area contributed by atoms with Gasteiger partial charge in [0.2, 0.25) is 0 Å². The van der Waals surface area contributed by atoms with Crippen LogP contribution in [0.5, 0.6) is 0 Å². The van der Waals surface area contributed by atoms with Crippen LogP contribution in [0.1, 0.15) is 6.92 Å². The predicted molar refractivity (Wildman–Crippen MR) is 24.2 cm³/mol. The molecule has 0 saturated carbocycles. The Labute approximate surface area is 37.3 Å². The molecule has 0 aliphatic carbocycles. The summed E-state index contributed by atoms with van der Waals surface area (Å²) in [6.07, 6.45) is 0. The van der Waals surface area contributed by atoms with Gasteiger partial charge in [-0.05, 0) is 12.5 Å². The summed E-state index contributed by atoms with van der Waals surface area (Å²) in [5, 5.41) is 0. The molecule has 0 unspecified atom stereocenters. The molecule has 6 heavy (non-hydrogen) atoms. The molecule has 0 aliphatic rings. The van der Waals surface area contributed by atoms with E-state index >= 15 is 0 Å². The maximum absolute atomic E-state index is 11.3. The molecular weight excluding hydrogens is 81.0 g/mol. The number of hydrogen-bond donors (Lipinski definition) is 1. The molecular formula is C4H10FN. The summed E-state index contributed by atoms with van der Waals surface area (Å²) in [7, 11) is 0. The Balaban J connectivity index is 2.75. The van der Waals surface area contributed by atoms with Crippen LogP contribution in [-0.4, -0.2) is 13.2 Å². The Bertz CT molecular complexity index is 26.7. The van der Waals surface area contributed by atoms with Crippen LogP contribution in [0.25, 0.3) is 0 Å². The SMILES string of the molecule is C[C@H](CN)CF. The molecule has 0 radical (unpaired) electrons. The molecule has 1 atom stereocenters. The zero-order valence-corrected chi connectivity index (χ0v) is 3.95. The summed E-state index contributed by atoms with van der Waals surface area (Å²) < 4.78 is 11.3. The average Bonchev–Trinajstić information content (AvgIpc) is 1.65. The van der Waals surface area contributed by atoms with Gasteiger partial charge >= 0.3 is 0 Å². The Kier molecular flexibility index (Phi) is 3.04. The van der Waals surface area contributed by atoms with E-state index in [0.717, 1.165) is 0 Å². The summed E-state index contributed by atoms with van der Waals surface area (Å²) in [5.41, 5.74) is 5.04. The van der Waals surface area contributed by atoms with Gasteiger partial charge in [0.25, 0.3) is 0 Å². The van der Waals surface area contributed by atoms with Crippen LogP contribution in [0.4, 0.5) is 4.39 Å². The average molecular weight is 91.1 g/mol. The monoisotopic (exact) mass is 91.1 g/mol. The lowest BCUT2D eigenvalue weighted by atomic mass is 10.2. The second-order valence-electron chi connectivity index (χ2n) is 1.50. The summed E-state index contributed by atoms with van der Waals surface area (Å²) >= 11 is 0. The standard InChI is InChI=1S/C4H10FN/c1-4(2-5)3-6/h4H,2-3,6H2,1H3/t4-/m0/s1. The summed E-state index contributed by atoms with van der Waals surface area (Å²) in [5.74, 6) is 0.0463. The first-order chi connectivity index (χ1) is 2.81. The fourth-order valence-corrected chi connectivity index (χ4v) is 0.0630. The van der Waals surface area contributed by atoms with Gasteiger partial charge in [-0.2, -0.15) is 0 Å². The molecule has 0 amide bonds. The van der Waals surface area contributed by atoms with Crippen LogP contribution < -0.4 is 5.73 Å². The second kappa shape index (κ2) is 3.09. The van der Waals surface area contributed by atoms with E-state index < -0.39 is 0 Å². The van der Waals surface area contributed by atoms with Crippen molar-refractivity contribution in [1.82, 2.24) is 0 Å². The van der Waals surface area contributed by atoms with E-state index in [0.29, 0.717) is 6.54 Å². The predicted octanol–water partition coefficient (Wildman–Crippen LogP) is 0.551. The van der Waals surface area contributed by atoms with Crippen molar-refractivity contribution in [2.45, 2.75) is 6.92 Å². The quantitative estimate of drug-likeness (QED) is 0.527. The highest BCUT2D eigenvalue weighted by molar-refractivity contribution is 4.46. The van der Waals surface area contributed by atoms with Gasteiger partial charge in [0.1, 0.15) is 0 Å². The zero-order valence-electron chi connectivity index (χ0n) is 3.95. The van der Waals surface area contributed by atoms with Gasteiger partial charge in [0, 0.05) is 0 Å². The molecule has 0 aromatic heterocycles. The molecule has 38 valence electrons. The van der Waals surface area contributed by atoms with Crippen molar-refractivity contribution in [3.63, 3.8) is 0 Å². The topological polar surface area (TPSA) is 26.0 Å². The molecule has 0 bridgehead atoms. The normalized spacial score (nSPS) is 14.5. The summed E-state index contributed by atoms with van der Waals surface area (Å²) in [4.78, 5) is 0. The molecule has 0 aromatic carbocycles. The number of nitrogens with two attached hydrogens (primary N) is 1. The fraction of sp³-hybridized carbons (Fsp3) is 1.00. The van der Waals surface area contributed by atoms with Gasteiger partial charge in [-0.3, -0.25) is 4.39 Å². The molecule has 0 spiro atoms. The Morgan fingerprint density at radius 3 is 2.33 bits per heavy atom. The fourth-order valence-electron chi connectivity index (χ4n) is 0.0630. The lowest BCUT2D eigenvalue weighted by Gasteiger charge is -1.96. The number of rotatable bonds is 2. The third kappa shape index (κ3) is 2.15. The highest BCUT2D eigenvalue weighted by Gasteiger charge is 1.92. The van der Waals surface area contributed by atoms with Crippen molar-refractivity contribution in [3.05, 3.63) is 0 Å². The second-order valence-corrected chi connectivity index (χ2v) is 1.50. The molecule has 0 aromatic rings. The van der Waals surface area contributed by atoms with Crippen LogP contribution in [0.2, 0.25) is 0 Å². The van der Waals surface area contributed by atoms with E-state index in [1.54, 1.807) is 6.92 Å². The summed E-state index contributed by atoms with van der Waals surface area (Å²) in [6, 6.07) is 0. The van der Waals surface area contributed by atoms with Crippen molar-refractivity contribution in [2.75, 3.05) is 13.2 Å². The van der Waals surface area contributed by atoms with Crippen LogP contribution >= 0.6 is 0 Å². The van der Waals surface area contributed by atoms with Gasteiger partial charge in [0.15, 0.2) is 0 Å².